The fourth-order valence-corrected chi connectivity index (χ4v) is 0.730. The summed E-state index contributed by atoms with van der Waals surface area (Å²) in [6.07, 6.45) is 3.23. The zero-order valence-corrected chi connectivity index (χ0v) is 6.72. The van der Waals surface area contributed by atoms with E-state index in [0.29, 0.717) is 0 Å². The van der Waals surface area contributed by atoms with Gasteiger partial charge in [0.25, 0.3) is 0 Å². The molecule has 9 heavy (non-hydrogen) atoms. The van der Waals surface area contributed by atoms with Gasteiger partial charge in [-0.3, -0.25) is 0 Å². The summed E-state index contributed by atoms with van der Waals surface area (Å²) < 4.78 is 0. The van der Waals surface area contributed by atoms with E-state index in [4.69, 9.17) is 5.11 Å². The van der Waals surface area contributed by atoms with E-state index in [1.165, 1.54) is 6.42 Å². The van der Waals surface area contributed by atoms with E-state index in [0.717, 1.165) is 18.8 Å². The Bertz CT molecular complexity index is 59.6. The first-order valence-corrected chi connectivity index (χ1v) is 3.84. The maximum atomic E-state index is 8.90. The van der Waals surface area contributed by atoms with Gasteiger partial charge < -0.3 is 5.11 Å². The lowest BCUT2D eigenvalue weighted by atomic mass is 10.0. The normalized spacial score (nSPS) is 17.3. The molecule has 0 radical (unpaired) electrons. The smallest absolute Gasteiger partial charge is 0.0512 e. The molecule has 0 fully saturated rings. The molecule has 1 heteroatoms. The summed E-state index contributed by atoms with van der Waals surface area (Å²) in [5.41, 5.74) is 0. The number of aliphatic hydroxyl groups is 1. The molecule has 0 unspecified atom stereocenters. The van der Waals surface area contributed by atoms with Crippen molar-refractivity contribution >= 4 is 0 Å². The van der Waals surface area contributed by atoms with Crippen LogP contribution in [-0.4, -0.2) is 11.2 Å². The van der Waals surface area contributed by atoms with Crippen LogP contribution >= 0.6 is 0 Å². The number of hydrogen-bond donors (Lipinski definition) is 1. The van der Waals surface area contributed by atoms with Gasteiger partial charge in [0.1, 0.15) is 0 Å². The van der Waals surface area contributed by atoms with Crippen LogP contribution in [0.1, 0.15) is 40.0 Å². The Morgan fingerprint density at radius 1 is 1.22 bits per heavy atom. The van der Waals surface area contributed by atoms with Crippen molar-refractivity contribution < 1.29 is 5.11 Å². The Balaban J connectivity index is 3.06. The molecule has 56 valence electrons. The predicted octanol–water partition coefficient (Wildman–Crippen LogP) is 2.19. The van der Waals surface area contributed by atoms with Gasteiger partial charge in [-0.05, 0) is 25.7 Å². The highest BCUT2D eigenvalue weighted by Crippen LogP contribution is 2.10. The van der Waals surface area contributed by atoms with E-state index >= 15 is 0 Å². The molecule has 0 spiro atoms. The van der Waals surface area contributed by atoms with Gasteiger partial charge in [-0.15, -0.1) is 0 Å². The third-order valence-electron chi connectivity index (χ3n) is 1.77. The van der Waals surface area contributed by atoms with Crippen LogP contribution in [0.5, 0.6) is 0 Å². The van der Waals surface area contributed by atoms with E-state index in [1.54, 1.807) is 0 Å². The van der Waals surface area contributed by atoms with Crippen LogP contribution in [0.15, 0.2) is 0 Å². The average molecular weight is 130 g/mol. The number of aliphatic hydroxyl groups excluding tert-OH is 1. The maximum Gasteiger partial charge on any atom is 0.0512 e. The molecular formula is C8H18O. The number of rotatable bonds is 4. The van der Waals surface area contributed by atoms with Gasteiger partial charge in [0.05, 0.1) is 6.10 Å². The molecule has 0 aliphatic rings. The highest BCUT2D eigenvalue weighted by atomic mass is 16.3. The van der Waals surface area contributed by atoms with Gasteiger partial charge in [-0.25, -0.2) is 0 Å². The summed E-state index contributed by atoms with van der Waals surface area (Å²) in [6, 6.07) is 0. The molecule has 0 aromatic carbocycles. The minimum absolute atomic E-state index is 0.112. The number of hydrogen-bond acceptors (Lipinski definition) is 1. The molecule has 0 aliphatic heterocycles. The molecule has 0 saturated heterocycles. The molecular weight excluding hydrogens is 112 g/mol. The maximum absolute atomic E-state index is 8.90. The SMILES string of the molecule is CC[C@@H](C)CC[C@H](C)O. The second-order valence-corrected chi connectivity index (χ2v) is 2.94. The molecule has 0 heterocycles. The van der Waals surface area contributed by atoms with Crippen molar-refractivity contribution in [1.29, 1.82) is 0 Å². The molecule has 0 amide bonds. The molecule has 2 atom stereocenters. The Hall–Kier alpha value is -0.0400. The summed E-state index contributed by atoms with van der Waals surface area (Å²) in [5, 5.41) is 8.90. The standard InChI is InChI=1S/C8H18O/c1-4-7(2)5-6-8(3)9/h7-9H,4-6H2,1-3H3/t7-,8+/m1/s1. The van der Waals surface area contributed by atoms with Crippen LogP contribution in [0.2, 0.25) is 0 Å². The summed E-state index contributed by atoms with van der Waals surface area (Å²) in [7, 11) is 0. The van der Waals surface area contributed by atoms with Gasteiger partial charge in [0.2, 0.25) is 0 Å². The van der Waals surface area contributed by atoms with E-state index in [-0.39, 0.29) is 6.10 Å². The Kier molecular flexibility index (Phi) is 4.78. The molecule has 0 rings (SSSR count). The minimum Gasteiger partial charge on any atom is -0.393 e. The van der Waals surface area contributed by atoms with E-state index in [1.807, 2.05) is 6.92 Å². The quantitative estimate of drug-likeness (QED) is 0.618. The second-order valence-electron chi connectivity index (χ2n) is 2.94. The van der Waals surface area contributed by atoms with Gasteiger partial charge in [-0.2, -0.15) is 0 Å². The van der Waals surface area contributed by atoms with E-state index in [2.05, 4.69) is 13.8 Å². The lowest BCUT2D eigenvalue weighted by Crippen LogP contribution is -2.02. The van der Waals surface area contributed by atoms with Gasteiger partial charge in [-0.1, -0.05) is 20.3 Å². The molecule has 0 aromatic rings. The third kappa shape index (κ3) is 5.84. The van der Waals surface area contributed by atoms with Crippen LogP contribution in [0, 0.1) is 5.92 Å². The third-order valence-corrected chi connectivity index (χ3v) is 1.77. The van der Waals surface area contributed by atoms with Crippen LogP contribution in [-0.2, 0) is 0 Å². The Labute approximate surface area is 58.1 Å². The van der Waals surface area contributed by atoms with Crippen LogP contribution in [0.4, 0.5) is 0 Å². The minimum atomic E-state index is -0.112. The van der Waals surface area contributed by atoms with Gasteiger partial charge in [0, 0.05) is 0 Å². The van der Waals surface area contributed by atoms with Crippen molar-refractivity contribution in [2.24, 2.45) is 5.92 Å². The van der Waals surface area contributed by atoms with Crippen molar-refractivity contribution in [3.63, 3.8) is 0 Å². The van der Waals surface area contributed by atoms with E-state index < -0.39 is 0 Å². The average Bonchev–Trinajstić information content (AvgIpc) is 1.83. The van der Waals surface area contributed by atoms with Gasteiger partial charge in [0.15, 0.2) is 0 Å². The summed E-state index contributed by atoms with van der Waals surface area (Å²) in [4.78, 5) is 0. The van der Waals surface area contributed by atoms with Crippen molar-refractivity contribution in [2.45, 2.75) is 46.1 Å². The summed E-state index contributed by atoms with van der Waals surface area (Å²) in [6.45, 7) is 6.26. The fraction of sp³-hybridized carbons (Fsp3) is 1.00. The van der Waals surface area contributed by atoms with Crippen molar-refractivity contribution in [2.75, 3.05) is 0 Å². The molecule has 0 aliphatic carbocycles. The topological polar surface area (TPSA) is 20.2 Å². The van der Waals surface area contributed by atoms with Crippen LogP contribution in [0.25, 0.3) is 0 Å². The fourth-order valence-electron chi connectivity index (χ4n) is 0.730. The highest BCUT2D eigenvalue weighted by molar-refractivity contribution is 4.53. The van der Waals surface area contributed by atoms with Crippen molar-refractivity contribution in [3.8, 4) is 0 Å². The lowest BCUT2D eigenvalue weighted by Gasteiger charge is -2.08. The monoisotopic (exact) mass is 130 g/mol. The van der Waals surface area contributed by atoms with Crippen LogP contribution in [0.3, 0.4) is 0 Å². The largest absolute Gasteiger partial charge is 0.393 e. The first-order valence-electron chi connectivity index (χ1n) is 3.84. The Morgan fingerprint density at radius 3 is 2.11 bits per heavy atom. The Morgan fingerprint density at radius 2 is 1.78 bits per heavy atom. The van der Waals surface area contributed by atoms with Crippen molar-refractivity contribution in [1.82, 2.24) is 0 Å². The summed E-state index contributed by atoms with van der Waals surface area (Å²) in [5.74, 6) is 0.777. The zero-order valence-electron chi connectivity index (χ0n) is 6.72. The highest BCUT2D eigenvalue weighted by Gasteiger charge is 2.00. The first-order chi connectivity index (χ1) is 4.16. The van der Waals surface area contributed by atoms with E-state index in [9.17, 15) is 0 Å². The van der Waals surface area contributed by atoms with Crippen molar-refractivity contribution in [3.05, 3.63) is 0 Å². The molecule has 1 nitrogen and oxygen atoms in total. The summed E-state index contributed by atoms with van der Waals surface area (Å²) >= 11 is 0. The molecule has 0 saturated carbocycles. The first kappa shape index (κ1) is 8.96. The zero-order chi connectivity index (χ0) is 7.28. The molecule has 1 N–H and O–H groups in total. The predicted molar refractivity (Wildman–Crippen MR) is 40.4 cm³/mol. The van der Waals surface area contributed by atoms with Crippen LogP contribution < -0.4 is 0 Å². The van der Waals surface area contributed by atoms with Gasteiger partial charge >= 0.3 is 0 Å². The lowest BCUT2D eigenvalue weighted by molar-refractivity contribution is 0.174. The molecule has 0 bridgehead atoms. The second kappa shape index (κ2) is 4.80. The molecule has 0 aromatic heterocycles.